The van der Waals surface area contributed by atoms with Crippen molar-refractivity contribution in [3.8, 4) is 5.69 Å². The van der Waals surface area contributed by atoms with E-state index in [1.54, 1.807) is 10.9 Å². The van der Waals surface area contributed by atoms with Crippen molar-refractivity contribution in [1.82, 2.24) is 20.3 Å². The zero-order chi connectivity index (χ0) is 12.3. The molecule has 1 N–H and O–H groups in total. The van der Waals surface area contributed by atoms with Crippen LogP contribution in [0.5, 0.6) is 0 Å². The van der Waals surface area contributed by atoms with Crippen molar-refractivity contribution in [3.05, 3.63) is 40.7 Å². The lowest BCUT2D eigenvalue weighted by Crippen LogP contribution is -2.15. The summed E-state index contributed by atoms with van der Waals surface area (Å²) in [5.74, 6) is 0. The first-order valence-electron chi connectivity index (χ1n) is 5.59. The summed E-state index contributed by atoms with van der Waals surface area (Å²) in [7, 11) is 0. The smallest absolute Gasteiger partial charge is 0.0853 e. The molecule has 0 bridgehead atoms. The van der Waals surface area contributed by atoms with Gasteiger partial charge in [-0.2, -0.15) is 0 Å². The molecule has 0 unspecified atom stereocenters. The standard InChI is InChI=1S/C12H15ClN4/c1-3-14-7-10-8-15-16-17(10)12-5-4-9(2)6-11(12)13/h4-6,8,14H,3,7H2,1-2H3. The normalized spacial score (nSPS) is 10.8. The minimum absolute atomic E-state index is 0.688. The molecule has 5 heteroatoms. The van der Waals surface area contributed by atoms with Crippen molar-refractivity contribution < 1.29 is 0 Å². The van der Waals surface area contributed by atoms with Crippen molar-refractivity contribution in [2.24, 2.45) is 0 Å². The molecule has 0 spiro atoms. The third-order valence-electron chi connectivity index (χ3n) is 2.51. The van der Waals surface area contributed by atoms with Crippen LogP contribution in [0.2, 0.25) is 5.02 Å². The SMILES string of the molecule is CCNCc1cnnn1-c1ccc(C)cc1Cl. The maximum Gasteiger partial charge on any atom is 0.0853 e. The van der Waals surface area contributed by atoms with Gasteiger partial charge in [0.05, 0.1) is 22.6 Å². The van der Waals surface area contributed by atoms with E-state index in [2.05, 4.69) is 22.6 Å². The lowest BCUT2D eigenvalue weighted by atomic mass is 10.2. The third-order valence-corrected chi connectivity index (χ3v) is 2.81. The number of halogens is 1. The van der Waals surface area contributed by atoms with Gasteiger partial charge in [-0.15, -0.1) is 5.10 Å². The molecule has 0 aliphatic heterocycles. The van der Waals surface area contributed by atoms with Gasteiger partial charge in [0.15, 0.2) is 0 Å². The van der Waals surface area contributed by atoms with Gasteiger partial charge < -0.3 is 5.32 Å². The second-order valence-electron chi connectivity index (χ2n) is 3.87. The predicted octanol–water partition coefficient (Wildman–Crippen LogP) is 2.34. The summed E-state index contributed by atoms with van der Waals surface area (Å²) in [6.07, 6.45) is 1.75. The van der Waals surface area contributed by atoms with E-state index in [1.807, 2.05) is 25.1 Å². The third kappa shape index (κ3) is 2.65. The van der Waals surface area contributed by atoms with Crippen LogP contribution in [0.3, 0.4) is 0 Å². The minimum atomic E-state index is 0.688. The number of benzene rings is 1. The number of aromatic nitrogens is 3. The molecule has 1 heterocycles. The van der Waals surface area contributed by atoms with Crippen LogP contribution in [-0.4, -0.2) is 21.5 Å². The zero-order valence-corrected chi connectivity index (χ0v) is 10.7. The van der Waals surface area contributed by atoms with E-state index in [1.165, 1.54) is 0 Å². The molecule has 0 radical (unpaired) electrons. The molecule has 0 aliphatic rings. The van der Waals surface area contributed by atoms with Crippen LogP contribution < -0.4 is 5.32 Å². The second-order valence-corrected chi connectivity index (χ2v) is 4.28. The van der Waals surface area contributed by atoms with E-state index in [4.69, 9.17) is 11.6 Å². The van der Waals surface area contributed by atoms with Crippen LogP contribution >= 0.6 is 11.6 Å². The van der Waals surface area contributed by atoms with Crippen molar-refractivity contribution in [3.63, 3.8) is 0 Å². The highest BCUT2D eigenvalue weighted by Gasteiger charge is 2.09. The van der Waals surface area contributed by atoms with E-state index in [0.29, 0.717) is 5.02 Å². The molecule has 90 valence electrons. The Bertz CT molecular complexity index is 507. The zero-order valence-electron chi connectivity index (χ0n) is 9.94. The average Bonchev–Trinajstić information content (AvgIpc) is 2.74. The Kier molecular flexibility index (Phi) is 3.76. The molecule has 0 aliphatic carbocycles. The topological polar surface area (TPSA) is 42.7 Å². The number of rotatable bonds is 4. The molecule has 0 fully saturated rings. The predicted molar refractivity (Wildman–Crippen MR) is 68.5 cm³/mol. The summed E-state index contributed by atoms with van der Waals surface area (Å²) < 4.78 is 1.77. The number of aryl methyl sites for hydroxylation is 1. The van der Waals surface area contributed by atoms with Gasteiger partial charge in [0, 0.05) is 6.54 Å². The van der Waals surface area contributed by atoms with Crippen molar-refractivity contribution >= 4 is 11.6 Å². The summed E-state index contributed by atoms with van der Waals surface area (Å²) in [6, 6.07) is 5.90. The van der Waals surface area contributed by atoms with E-state index in [0.717, 1.165) is 30.0 Å². The maximum atomic E-state index is 6.22. The van der Waals surface area contributed by atoms with E-state index in [9.17, 15) is 0 Å². The summed E-state index contributed by atoms with van der Waals surface area (Å²) in [5.41, 5.74) is 2.99. The molecule has 0 amide bonds. The number of nitrogens with zero attached hydrogens (tertiary/aromatic N) is 3. The van der Waals surface area contributed by atoms with E-state index >= 15 is 0 Å². The van der Waals surface area contributed by atoms with Crippen molar-refractivity contribution in [1.29, 1.82) is 0 Å². The summed E-state index contributed by atoms with van der Waals surface area (Å²) in [5, 5.41) is 11.9. The quantitative estimate of drug-likeness (QED) is 0.906. The molecule has 4 nitrogen and oxygen atoms in total. The molecular weight excluding hydrogens is 236 g/mol. The molecule has 0 saturated carbocycles. The molecule has 17 heavy (non-hydrogen) atoms. The van der Waals surface area contributed by atoms with E-state index in [-0.39, 0.29) is 0 Å². The lowest BCUT2D eigenvalue weighted by molar-refractivity contribution is 0.672. The van der Waals surface area contributed by atoms with Gasteiger partial charge in [0.2, 0.25) is 0 Å². The Morgan fingerprint density at radius 3 is 2.94 bits per heavy atom. The van der Waals surface area contributed by atoms with Crippen LogP contribution in [0.25, 0.3) is 5.69 Å². The van der Waals surface area contributed by atoms with Gasteiger partial charge in [0.25, 0.3) is 0 Å². The molecule has 0 saturated heterocycles. The fourth-order valence-corrected chi connectivity index (χ4v) is 1.93. The highest BCUT2D eigenvalue weighted by molar-refractivity contribution is 6.32. The second kappa shape index (κ2) is 5.29. The first-order chi connectivity index (χ1) is 8.22. The molecule has 2 aromatic rings. The van der Waals surface area contributed by atoms with Gasteiger partial charge in [-0.3, -0.25) is 0 Å². The summed E-state index contributed by atoms with van der Waals surface area (Å²) in [4.78, 5) is 0. The van der Waals surface area contributed by atoms with Gasteiger partial charge in [-0.25, -0.2) is 4.68 Å². The van der Waals surface area contributed by atoms with Crippen LogP contribution in [0.15, 0.2) is 24.4 Å². The van der Waals surface area contributed by atoms with Gasteiger partial charge in [-0.1, -0.05) is 29.8 Å². The van der Waals surface area contributed by atoms with Crippen LogP contribution in [-0.2, 0) is 6.54 Å². The first-order valence-corrected chi connectivity index (χ1v) is 5.97. The number of hydrogen-bond acceptors (Lipinski definition) is 3. The highest BCUT2D eigenvalue weighted by Crippen LogP contribution is 2.21. The van der Waals surface area contributed by atoms with Crippen LogP contribution in [0.1, 0.15) is 18.2 Å². The summed E-state index contributed by atoms with van der Waals surface area (Å²) >= 11 is 6.22. The van der Waals surface area contributed by atoms with Crippen molar-refractivity contribution in [2.45, 2.75) is 20.4 Å². The van der Waals surface area contributed by atoms with Gasteiger partial charge in [-0.05, 0) is 31.2 Å². The minimum Gasteiger partial charge on any atom is -0.311 e. The monoisotopic (exact) mass is 250 g/mol. The largest absolute Gasteiger partial charge is 0.311 e. The molecule has 1 aromatic heterocycles. The number of nitrogens with one attached hydrogen (secondary N) is 1. The highest BCUT2D eigenvalue weighted by atomic mass is 35.5. The lowest BCUT2D eigenvalue weighted by Gasteiger charge is -2.08. The van der Waals surface area contributed by atoms with Gasteiger partial charge in [0.1, 0.15) is 0 Å². The molecule has 1 aromatic carbocycles. The fraction of sp³-hybridized carbons (Fsp3) is 0.333. The summed E-state index contributed by atoms with van der Waals surface area (Å²) in [6.45, 7) is 5.71. The fourth-order valence-electron chi connectivity index (χ4n) is 1.62. The molecule has 0 atom stereocenters. The molecule has 2 rings (SSSR count). The Hall–Kier alpha value is -1.39. The Morgan fingerprint density at radius 2 is 2.24 bits per heavy atom. The Morgan fingerprint density at radius 1 is 1.41 bits per heavy atom. The Labute approximate surface area is 106 Å². The Balaban J connectivity index is 2.35. The van der Waals surface area contributed by atoms with Crippen LogP contribution in [0, 0.1) is 6.92 Å². The van der Waals surface area contributed by atoms with Gasteiger partial charge >= 0.3 is 0 Å². The van der Waals surface area contributed by atoms with E-state index < -0.39 is 0 Å². The maximum absolute atomic E-state index is 6.22. The number of hydrogen-bond donors (Lipinski definition) is 1. The van der Waals surface area contributed by atoms with Crippen LogP contribution in [0.4, 0.5) is 0 Å². The molecular formula is C12H15ClN4. The van der Waals surface area contributed by atoms with Crippen molar-refractivity contribution in [2.75, 3.05) is 6.54 Å². The first kappa shape index (κ1) is 12.1. The average molecular weight is 251 g/mol.